The molecule has 10 heteroatoms. The number of allylic oxidation sites excluding steroid dienone is 3. The van der Waals surface area contributed by atoms with Crippen LogP contribution in [-0.2, 0) is 14.3 Å². The molecule has 2 aromatic rings. The maximum atomic E-state index is 13.7. The standard InChI is InChI=1S/C27H25ClN2O7/c1-3-8-35-27(32)24-14(2)29-19-9-16(15-4-6-17(28)7-5-15)10-21(31)26(19)25(24)18-11-22-23(37-13-36-22)12-20(18)30(33)34/h4-7,11-12,16,25,29H,3,8-10,13H2,1-2H3. The Morgan fingerprint density at radius 2 is 1.89 bits per heavy atom. The number of benzene rings is 2. The van der Waals surface area contributed by atoms with E-state index >= 15 is 0 Å². The monoisotopic (exact) mass is 524 g/mol. The number of carbonyl (C=O) groups is 2. The second kappa shape index (κ2) is 9.89. The van der Waals surface area contributed by atoms with Crippen molar-refractivity contribution in [2.75, 3.05) is 13.4 Å². The molecule has 2 atom stereocenters. The first kappa shape index (κ1) is 24.8. The predicted molar refractivity (Wildman–Crippen MR) is 135 cm³/mol. The van der Waals surface area contributed by atoms with E-state index in [1.165, 1.54) is 12.1 Å². The topological polar surface area (TPSA) is 117 Å². The number of ketones is 1. The van der Waals surface area contributed by atoms with Gasteiger partial charge in [-0.25, -0.2) is 4.79 Å². The third-order valence-electron chi connectivity index (χ3n) is 6.86. The molecule has 2 heterocycles. The van der Waals surface area contributed by atoms with Gasteiger partial charge in [0.2, 0.25) is 6.79 Å². The van der Waals surface area contributed by atoms with Gasteiger partial charge in [-0.1, -0.05) is 30.7 Å². The molecule has 2 aliphatic heterocycles. The molecule has 0 spiro atoms. The lowest BCUT2D eigenvalue weighted by atomic mass is 9.71. The van der Waals surface area contributed by atoms with Crippen molar-refractivity contribution < 1.29 is 28.7 Å². The summed E-state index contributed by atoms with van der Waals surface area (Å²) in [6, 6.07) is 10.1. The Morgan fingerprint density at radius 3 is 2.57 bits per heavy atom. The number of ether oxygens (including phenoxy) is 3. The van der Waals surface area contributed by atoms with Crippen molar-refractivity contribution in [3.8, 4) is 11.5 Å². The van der Waals surface area contributed by atoms with Crippen LogP contribution in [-0.4, -0.2) is 30.1 Å². The zero-order valence-electron chi connectivity index (χ0n) is 20.3. The average Bonchev–Trinajstić information content (AvgIpc) is 3.33. The molecule has 0 saturated heterocycles. The van der Waals surface area contributed by atoms with Gasteiger partial charge >= 0.3 is 5.97 Å². The van der Waals surface area contributed by atoms with E-state index in [2.05, 4.69) is 5.32 Å². The molecule has 0 bridgehead atoms. The summed E-state index contributed by atoms with van der Waals surface area (Å²) in [5.41, 5.74) is 2.52. The highest BCUT2D eigenvalue weighted by Gasteiger charge is 2.44. The van der Waals surface area contributed by atoms with E-state index in [4.69, 9.17) is 25.8 Å². The molecule has 5 rings (SSSR count). The van der Waals surface area contributed by atoms with Crippen LogP contribution in [0, 0.1) is 10.1 Å². The molecule has 0 amide bonds. The van der Waals surface area contributed by atoms with Crippen molar-refractivity contribution in [3.05, 3.63) is 85.2 Å². The maximum Gasteiger partial charge on any atom is 0.336 e. The van der Waals surface area contributed by atoms with E-state index in [9.17, 15) is 19.7 Å². The van der Waals surface area contributed by atoms with E-state index in [1.54, 1.807) is 19.1 Å². The van der Waals surface area contributed by atoms with Crippen molar-refractivity contribution in [2.45, 2.75) is 44.9 Å². The van der Waals surface area contributed by atoms with Gasteiger partial charge in [0.25, 0.3) is 5.69 Å². The van der Waals surface area contributed by atoms with E-state index in [-0.39, 0.29) is 54.1 Å². The fourth-order valence-corrected chi connectivity index (χ4v) is 5.33. The molecule has 1 aliphatic carbocycles. The van der Waals surface area contributed by atoms with E-state index in [0.29, 0.717) is 40.6 Å². The third kappa shape index (κ3) is 4.55. The summed E-state index contributed by atoms with van der Waals surface area (Å²) in [4.78, 5) is 38.6. The number of Topliss-reactive ketones (excluding diaryl/α,β-unsaturated/α-hetero) is 1. The molecule has 2 aromatic carbocycles. The van der Waals surface area contributed by atoms with Gasteiger partial charge in [-0.05, 0) is 49.4 Å². The van der Waals surface area contributed by atoms with E-state index in [1.807, 2.05) is 19.1 Å². The van der Waals surface area contributed by atoms with E-state index < -0.39 is 16.8 Å². The number of hydrogen-bond donors (Lipinski definition) is 1. The first-order valence-electron chi connectivity index (χ1n) is 12.0. The first-order chi connectivity index (χ1) is 17.8. The molecule has 2 unspecified atom stereocenters. The smallest absolute Gasteiger partial charge is 0.336 e. The minimum Gasteiger partial charge on any atom is -0.462 e. The van der Waals surface area contributed by atoms with Gasteiger partial charge in [-0.2, -0.15) is 0 Å². The molecule has 9 nitrogen and oxygen atoms in total. The number of hydrogen-bond acceptors (Lipinski definition) is 8. The summed E-state index contributed by atoms with van der Waals surface area (Å²) in [5.74, 6) is -1.35. The summed E-state index contributed by atoms with van der Waals surface area (Å²) in [7, 11) is 0. The number of rotatable bonds is 6. The lowest BCUT2D eigenvalue weighted by Crippen LogP contribution is -2.36. The van der Waals surface area contributed by atoms with E-state index in [0.717, 1.165) is 5.56 Å². The second-order valence-electron chi connectivity index (χ2n) is 9.23. The highest BCUT2D eigenvalue weighted by molar-refractivity contribution is 6.30. The Kier molecular flexibility index (Phi) is 6.64. The lowest BCUT2D eigenvalue weighted by Gasteiger charge is -2.36. The van der Waals surface area contributed by atoms with Crippen LogP contribution >= 0.6 is 11.6 Å². The summed E-state index contributed by atoms with van der Waals surface area (Å²) in [6.07, 6.45) is 1.29. The number of fused-ring (bicyclic) bond motifs is 1. The highest BCUT2D eigenvalue weighted by Crippen LogP contribution is 2.50. The number of nitrogens with zero attached hydrogens (tertiary/aromatic N) is 1. The number of halogens is 1. The van der Waals surface area contributed by atoms with Gasteiger partial charge in [0.05, 0.1) is 29.1 Å². The number of nitro benzene ring substituents is 1. The van der Waals surface area contributed by atoms with Gasteiger partial charge in [-0.3, -0.25) is 14.9 Å². The third-order valence-corrected chi connectivity index (χ3v) is 7.11. The van der Waals surface area contributed by atoms with Crippen molar-refractivity contribution in [1.29, 1.82) is 0 Å². The molecular formula is C27H25ClN2O7. The van der Waals surface area contributed by atoms with Gasteiger partial charge in [0.1, 0.15) is 0 Å². The summed E-state index contributed by atoms with van der Waals surface area (Å²) in [5, 5.41) is 16.0. The van der Waals surface area contributed by atoms with Crippen LogP contribution in [0.1, 0.15) is 56.1 Å². The number of dihydropyridines is 1. The maximum absolute atomic E-state index is 13.7. The van der Waals surface area contributed by atoms with Crippen LogP contribution in [0.4, 0.5) is 5.69 Å². The van der Waals surface area contributed by atoms with Crippen LogP contribution in [0.15, 0.2) is 58.9 Å². The predicted octanol–water partition coefficient (Wildman–Crippen LogP) is 5.29. The van der Waals surface area contributed by atoms with Crippen LogP contribution in [0.5, 0.6) is 11.5 Å². The quantitative estimate of drug-likeness (QED) is 0.307. The van der Waals surface area contributed by atoms with Crippen molar-refractivity contribution in [3.63, 3.8) is 0 Å². The number of esters is 1. The first-order valence-corrected chi connectivity index (χ1v) is 12.4. The molecule has 0 radical (unpaired) electrons. The van der Waals surface area contributed by atoms with Gasteiger partial charge in [-0.15, -0.1) is 0 Å². The summed E-state index contributed by atoms with van der Waals surface area (Å²) in [6.45, 7) is 3.70. The number of nitro groups is 1. The van der Waals surface area contributed by atoms with Crippen molar-refractivity contribution in [2.24, 2.45) is 0 Å². The Morgan fingerprint density at radius 1 is 1.19 bits per heavy atom. The fourth-order valence-electron chi connectivity index (χ4n) is 5.20. The Balaban J connectivity index is 1.66. The highest BCUT2D eigenvalue weighted by atomic mass is 35.5. The van der Waals surface area contributed by atoms with Crippen molar-refractivity contribution >= 4 is 29.0 Å². The van der Waals surface area contributed by atoms with Crippen LogP contribution < -0.4 is 14.8 Å². The van der Waals surface area contributed by atoms with Gasteiger partial charge in [0, 0.05) is 34.0 Å². The number of nitrogens with one attached hydrogen (secondary N) is 1. The molecule has 3 aliphatic rings. The number of carbonyl (C=O) groups excluding carboxylic acids is 2. The fraction of sp³-hybridized carbons (Fsp3) is 0.333. The zero-order valence-corrected chi connectivity index (χ0v) is 21.1. The Hall–Kier alpha value is -3.85. The largest absolute Gasteiger partial charge is 0.462 e. The zero-order chi connectivity index (χ0) is 26.3. The summed E-state index contributed by atoms with van der Waals surface area (Å²) >= 11 is 6.05. The molecule has 0 fully saturated rings. The minimum absolute atomic E-state index is 0.0714. The molecule has 192 valence electrons. The Bertz CT molecular complexity index is 1360. The second-order valence-corrected chi connectivity index (χ2v) is 9.66. The minimum atomic E-state index is -0.992. The molecule has 0 aromatic heterocycles. The van der Waals surface area contributed by atoms with Crippen LogP contribution in [0.3, 0.4) is 0 Å². The average molecular weight is 525 g/mol. The lowest BCUT2D eigenvalue weighted by molar-refractivity contribution is -0.385. The van der Waals surface area contributed by atoms with Gasteiger partial charge < -0.3 is 19.5 Å². The van der Waals surface area contributed by atoms with Crippen molar-refractivity contribution in [1.82, 2.24) is 5.32 Å². The summed E-state index contributed by atoms with van der Waals surface area (Å²) < 4.78 is 16.3. The van der Waals surface area contributed by atoms with Crippen LogP contribution in [0.2, 0.25) is 5.02 Å². The molecular weight excluding hydrogens is 500 g/mol. The molecule has 0 saturated carbocycles. The van der Waals surface area contributed by atoms with Crippen LogP contribution in [0.25, 0.3) is 0 Å². The normalized spacial score (nSPS) is 20.5. The SMILES string of the molecule is CCCOC(=O)C1=C(C)NC2=C(C(=O)CC(c3ccc(Cl)cc3)C2)C1c1cc2c(cc1[N+](=O)[O-])OCO2. The van der Waals surface area contributed by atoms with Gasteiger partial charge in [0.15, 0.2) is 17.3 Å². The Labute approximate surface area is 218 Å². The molecule has 1 N–H and O–H groups in total. The molecule has 37 heavy (non-hydrogen) atoms.